The van der Waals surface area contributed by atoms with Crippen LogP contribution in [0, 0.1) is 6.92 Å². The highest BCUT2D eigenvalue weighted by atomic mass is 35.5. The normalized spacial score (nSPS) is 11.9. The standard InChI is InChI=1S/C16H21ClN2O/c1-5-13(6-2)19-10-12(7-8-20-4)15-14(19)9-11(3)18-16(15)17/h7-10,13H,5-6H2,1-4H3/b8-7+. The number of nitrogens with zero attached hydrogens (tertiary/aromatic N) is 2. The molecule has 2 aromatic heterocycles. The van der Waals surface area contributed by atoms with Gasteiger partial charge < -0.3 is 9.30 Å². The number of methoxy groups -OCH3 is 1. The van der Waals surface area contributed by atoms with Crippen molar-refractivity contribution >= 4 is 28.6 Å². The fourth-order valence-electron chi connectivity index (χ4n) is 2.63. The Labute approximate surface area is 125 Å². The van der Waals surface area contributed by atoms with Crippen LogP contribution in [0.5, 0.6) is 0 Å². The molecule has 0 radical (unpaired) electrons. The average molecular weight is 293 g/mol. The van der Waals surface area contributed by atoms with Crippen molar-refractivity contribution in [1.29, 1.82) is 0 Å². The summed E-state index contributed by atoms with van der Waals surface area (Å²) in [6, 6.07) is 2.57. The van der Waals surface area contributed by atoms with Crippen LogP contribution in [0.3, 0.4) is 0 Å². The second kappa shape index (κ2) is 6.31. The number of hydrogen-bond acceptors (Lipinski definition) is 2. The maximum atomic E-state index is 6.35. The first kappa shape index (κ1) is 14.9. The molecular formula is C16H21ClN2O. The Morgan fingerprint density at radius 2 is 2.10 bits per heavy atom. The van der Waals surface area contributed by atoms with Crippen molar-refractivity contribution in [2.24, 2.45) is 0 Å². The summed E-state index contributed by atoms with van der Waals surface area (Å²) in [6.45, 7) is 6.39. The Morgan fingerprint density at radius 3 is 2.70 bits per heavy atom. The van der Waals surface area contributed by atoms with Crippen LogP contribution in [0.2, 0.25) is 5.15 Å². The van der Waals surface area contributed by atoms with Gasteiger partial charge in [-0.25, -0.2) is 4.98 Å². The molecule has 2 heterocycles. The van der Waals surface area contributed by atoms with E-state index in [-0.39, 0.29) is 0 Å². The van der Waals surface area contributed by atoms with Crippen molar-refractivity contribution in [3.05, 3.63) is 34.9 Å². The lowest BCUT2D eigenvalue weighted by atomic mass is 10.1. The molecule has 0 aliphatic heterocycles. The molecule has 0 aliphatic rings. The fraction of sp³-hybridized carbons (Fsp3) is 0.438. The summed E-state index contributed by atoms with van der Waals surface area (Å²) in [5.74, 6) is 0. The summed E-state index contributed by atoms with van der Waals surface area (Å²) in [4.78, 5) is 4.37. The number of hydrogen-bond donors (Lipinski definition) is 0. The number of rotatable bonds is 5. The summed E-state index contributed by atoms with van der Waals surface area (Å²) >= 11 is 6.35. The van der Waals surface area contributed by atoms with Crippen molar-refractivity contribution < 1.29 is 4.74 Å². The first-order chi connectivity index (χ1) is 9.62. The van der Waals surface area contributed by atoms with Crippen molar-refractivity contribution in [2.75, 3.05) is 7.11 Å². The molecule has 108 valence electrons. The van der Waals surface area contributed by atoms with Crippen LogP contribution in [0.15, 0.2) is 18.5 Å². The van der Waals surface area contributed by atoms with Crippen LogP contribution < -0.4 is 0 Å². The zero-order valence-electron chi connectivity index (χ0n) is 12.5. The Balaban J connectivity index is 2.72. The molecule has 3 nitrogen and oxygen atoms in total. The zero-order valence-corrected chi connectivity index (χ0v) is 13.2. The SMILES string of the molecule is CCC(CC)n1cc(/C=C/OC)c2c(Cl)nc(C)cc21. The minimum atomic E-state index is 0.472. The lowest BCUT2D eigenvalue weighted by Gasteiger charge is -2.16. The van der Waals surface area contributed by atoms with E-state index >= 15 is 0 Å². The second-order valence-corrected chi connectivity index (χ2v) is 5.31. The Kier molecular flexibility index (Phi) is 4.71. The van der Waals surface area contributed by atoms with Gasteiger partial charge in [-0.2, -0.15) is 0 Å². The van der Waals surface area contributed by atoms with Gasteiger partial charge in [-0.3, -0.25) is 0 Å². The molecule has 20 heavy (non-hydrogen) atoms. The minimum Gasteiger partial charge on any atom is -0.504 e. The third kappa shape index (κ3) is 2.68. The van der Waals surface area contributed by atoms with Gasteiger partial charge in [0, 0.05) is 28.9 Å². The third-order valence-electron chi connectivity index (χ3n) is 3.65. The van der Waals surface area contributed by atoms with E-state index in [4.69, 9.17) is 16.3 Å². The predicted molar refractivity (Wildman–Crippen MR) is 85.1 cm³/mol. The number of ether oxygens (including phenoxy) is 1. The molecule has 0 saturated heterocycles. The number of aromatic nitrogens is 2. The molecule has 0 aromatic carbocycles. The van der Waals surface area contributed by atoms with Gasteiger partial charge in [0.15, 0.2) is 0 Å². The first-order valence-electron chi connectivity index (χ1n) is 6.99. The third-order valence-corrected chi connectivity index (χ3v) is 3.92. The number of pyridine rings is 1. The van der Waals surface area contributed by atoms with Gasteiger partial charge >= 0.3 is 0 Å². The summed E-state index contributed by atoms with van der Waals surface area (Å²) in [5.41, 5.74) is 3.13. The van der Waals surface area contributed by atoms with E-state index in [1.165, 1.54) is 0 Å². The molecule has 0 N–H and O–H groups in total. The van der Waals surface area contributed by atoms with E-state index in [0.29, 0.717) is 11.2 Å². The van der Waals surface area contributed by atoms with Crippen molar-refractivity contribution in [2.45, 2.75) is 39.7 Å². The van der Waals surface area contributed by atoms with Crippen molar-refractivity contribution in [3.8, 4) is 0 Å². The van der Waals surface area contributed by atoms with E-state index in [1.807, 2.05) is 13.0 Å². The molecule has 0 unspecified atom stereocenters. The van der Waals surface area contributed by atoms with Crippen molar-refractivity contribution in [1.82, 2.24) is 9.55 Å². The molecule has 0 saturated carbocycles. The highest BCUT2D eigenvalue weighted by Crippen LogP contribution is 2.32. The molecule has 0 spiro atoms. The molecule has 0 amide bonds. The predicted octanol–water partition coefficient (Wildman–Crippen LogP) is 4.98. The lowest BCUT2D eigenvalue weighted by molar-refractivity contribution is 0.341. The molecule has 2 aromatic rings. The van der Waals surface area contributed by atoms with E-state index < -0.39 is 0 Å². The summed E-state index contributed by atoms with van der Waals surface area (Å²) < 4.78 is 7.34. The molecule has 0 aliphatic carbocycles. The lowest BCUT2D eigenvalue weighted by Crippen LogP contribution is -2.05. The zero-order chi connectivity index (χ0) is 14.7. The van der Waals surface area contributed by atoms with E-state index in [0.717, 1.165) is 35.0 Å². The largest absolute Gasteiger partial charge is 0.504 e. The fourth-order valence-corrected chi connectivity index (χ4v) is 2.96. The Hall–Kier alpha value is -1.48. The van der Waals surface area contributed by atoms with E-state index in [1.54, 1.807) is 13.4 Å². The van der Waals surface area contributed by atoms with Gasteiger partial charge in [-0.05, 0) is 31.9 Å². The van der Waals surface area contributed by atoms with Crippen LogP contribution in [0.25, 0.3) is 17.0 Å². The van der Waals surface area contributed by atoms with Crippen LogP contribution in [0.1, 0.15) is 44.0 Å². The quantitative estimate of drug-likeness (QED) is 0.574. The highest BCUT2D eigenvalue weighted by molar-refractivity contribution is 6.34. The molecule has 2 rings (SSSR count). The van der Waals surface area contributed by atoms with Gasteiger partial charge in [0.1, 0.15) is 5.15 Å². The minimum absolute atomic E-state index is 0.472. The van der Waals surface area contributed by atoms with E-state index in [2.05, 4.69) is 35.7 Å². The van der Waals surface area contributed by atoms with Crippen LogP contribution in [-0.4, -0.2) is 16.7 Å². The Bertz CT molecular complexity index is 627. The molecule has 0 bridgehead atoms. The summed E-state index contributed by atoms with van der Waals surface area (Å²) in [7, 11) is 1.64. The monoisotopic (exact) mass is 292 g/mol. The summed E-state index contributed by atoms with van der Waals surface area (Å²) in [5, 5.41) is 1.55. The molecule has 4 heteroatoms. The van der Waals surface area contributed by atoms with Crippen LogP contribution in [-0.2, 0) is 4.74 Å². The maximum absolute atomic E-state index is 6.35. The second-order valence-electron chi connectivity index (χ2n) is 4.95. The van der Waals surface area contributed by atoms with E-state index in [9.17, 15) is 0 Å². The number of aryl methyl sites for hydroxylation is 1. The van der Waals surface area contributed by atoms with Crippen molar-refractivity contribution in [3.63, 3.8) is 0 Å². The van der Waals surface area contributed by atoms with Gasteiger partial charge in [0.2, 0.25) is 0 Å². The van der Waals surface area contributed by atoms with Gasteiger partial charge in [-0.15, -0.1) is 0 Å². The van der Waals surface area contributed by atoms with Crippen LogP contribution in [0.4, 0.5) is 0 Å². The molecule has 0 fully saturated rings. The number of fused-ring (bicyclic) bond motifs is 1. The highest BCUT2D eigenvalue weighted by Gasteiger charge is 2.16. The smallest absolute Gasteiger partial charge is 0.139 e. The molecular weight excluding hydrogens is 272 g/mol. The van der Waals surface area contributed by atoms with Gasteiger partial charge in [0.25, 0.3) is 0 Å². The summed E-state index contributed by atoms with van der Waals surface area (Å²) in [6.07, 6.45) is 7.93. The molecule has 0 atom stereocenters. The average Bonchev–Trinajstić information content (AvgIpc) is 2.77. The first-order valence-corrected chi connectivity index (χ1v) is 7.37. The maximum Gasteiger partial charge on any atom is 0.139 e. The van der Waals surface area contributed by atoms with Gasteiger partial charge in [0.05, 0.1) is 18.9 Å². The Morgan fingerprint density at radius 1 is 1.40 bits per heavy atom. The number of halogens is 1. The van der Waals surface area contributed by atoms with Gasteiger partial charge in [-0.1, -0.05) is 25.4 Å². The topological polar surface area (TPSA) is 27.1 Å². The van der Waals surface area contributed by atoms with Crippen LogP contribution >= 0.6 is 11.6 Å².